The standard InChI is InChI=1S/C10H16O2/c1-9(11-3)7-5-6-8-10(9,2)12-4/h5-8H,1-4H3. The maximum atomic E-state index is 5.42. The van der Waals surface area contributed by atoms with Crippen molar-refractivity contribution in [1.82, 2.24) is 0 Å². The minimum absolute atomic E-state index is 0.365. The van der Waals surface area contributed by atoms with Crippen molar-refractivity contribution in [3.8, 4) is 0 Å². The molecule has 0 aromatic rings. The highest BCUT2D eigenvalue weighted by atomic mass is 16.5. The summed E-state index contributed by atoms with van der Waals surface area (Å²) >= 11 is 0. The van der Waals surface area contributed by atoms with Crippen molar-refractivity contribution in [2.45, 2.75) is 25.0 Å². The Hall–Kier alpha value is -0.600. The van der Waals surface area contributed by atoms with Gasteiger partial charge in [-0.1, -0.05) is 12.2 Å². The molecule has 2 unspecified atom stereocenters. The molecule has 0 saturated heterocycles. The van der Waals surface area contributed by atoms with E-state index in [-0.39, 0.29) is 11.2 Å². The Morgan fingerprint density at radius 1 is 0.833 bits per heavy atom. The lowest BCUT2D eigenvalue weighted by Gasteiger charge is -2.41. The van der Waals surface area contributed by atoms with Crippen LogP contribution in [0, 0.1) is 0 Å². The number of hydrogen-bond donors (Lipinski definition) is 0. The van der Waals surface area contributed by atoms with Crippen LogP contribution in [-0.4, -0.2) is 25.4 Å². The molecule has 0 aromatic heterocycles. The molecule has 1 aliphatic rings. The topological polar surface area (TPSA) is 18.5 Å². The Labute approximate surface area is 73.9 Å². The molecule has 0 radical (unpaired) electrons. The highest BCUT2D eigenvalue weighted by Crippen LogP contribution is 2.33. The Morgan fingerprint density at radius 3 is 1.42 bits per heavy atom. The van der Waals surface area contributed by atoms with Gasteiger partial charge in [0, 0.05) is 14.2 Å². The average Bonchev–Trinajstić information content (AvgIpc) is 2.10. The normalized spacial score (nSPS) is 40.3. The molecule has 0 amide bonds. The van der Waals surface area contributed by atoms with Crippen molar-refractivity contribution in [3.63, 3.8) is 0 Å². The first kappa shape index (κ1) is 9.49. The fourth-order valence-electron chi connectivity index (χ4n) is 1.35. The average molecular weight is 168 g/mol. The summed E-state index contributed by atoms with van der Waals surface area (Å²) in [7, 11) is 3.39. The van der Waals surface area contributed by atoms with E-state index in [1.807, 2.05) is 38.2 Å². The van der Waals surface area contributed by atoms with Crippen molar-refractivity contribution in [3.05, 3.63) is 24.3 Å². The molecule has 12 heavy (non-hydrogen) atoms. The molecular weight excluding hydrogens is 152 g/mol. The van der Waals surface area contributed by atoms with Gasteiger partial charge in [-0.05, 0) is 26.0 Å². The summed E-state index contributed by atoms with van der Waals surface area (Å²) in [6.45, 7) is 4.02. The highest BCUT2D eigenvalue weighted by Gasteiger charge is 2.42. The SMILES string of the molecule is COC1(C)C=CC=CC1(C)OC. The summed E-state index contributed by atoms with van der Waals surface area (Å²) in [4.78, 5) is 0. The van der Waals surface area contributed by atoms with Crippen LogP contribution in [-0.2, 0) is 9.47 Å². The quantitative estimate of drug-likeness (QED) is 0.627. The van der Waals surface area contributed by atoms with E-state index in [0.717, 1.165) is 0 Å². The van der Waals surface area contributed by atoms with Gasteiger partial charge in [-0.25, -0.2) is 0 Å². The molecule has 0 aliphatic heterocycles. The molecule has 2 atom stereocenters. The van der Waals surface area contributed by atoms with Gasteiger partial charge in [0.25, 0.3) is 0 Å². The molecule has 0 aromatic carbocycles. The van der Waals surface area contributed by atoms with Gasteiger partial charge in [0.05, 0.1) is 0 Å². The molecule has 0 N–H and O–H groups in total. The van der Waals surface area contributed by atoms with Gasteiger partial charge in [-0.2, -0.15) is 0 Å². The third-order valence-electron chi connectivity index (χ3n) is 2.77. The monoisotopic (exact) mass is 168 g/mol. The van der Waals surface area contributed by atoms with E-state index in [1.54, 1.807) is 14.2 Å². The van der Waals surface area contributed by atoms with Crippen molar-refractivity contribution < 1.29 is 9.47 Å². The molecule has 1 rings (SSSR count). The van der Waals surface area contributed by atoms with E-state index in [4.69, 9.17) is 9.47 Å². The van der Waals surface area contributed by atoms with Crippen molar-refractivity contribution in [2.24, 2.45) is 0 Å². The number of allylic oxidation sites excluding steroid dienone is 2. The lowest BCUT2D eigenvalue weighted by molar-refractivity contribution is -0.114. The molecule has 2 heteroatoms. The first-order valence-corrected chi connectivity index (χ1v) is 4.05. The van der Waals surface area contributed by atoms with Crippen LogP contribution in [0.4, 0.5) is 0 Å². The molecule has 0 saturated carbocycles. The van der Waals surface area contributed by atoms with Gasteiger partial charge >= 0.3 is 0 Å². The van der Waals surface area contributed by atoms with E-state index in [1.165, 1.54) is 0 Å². The van der Waals surface area contributed by atoms with Crippen molar-refractivity contribution >= 4 is 0 Å². The number of hydrogen-bond acceptors (Lipinski definition) is 2. The van der Waals surface area contributed by atoms with Crippen LogP contribution >= 0.6 is 0 Å². The minimum atomic E-state index is -0.365. The Bertz CT molecular complexity index is 196. The van der Waals surface area contributed by atoms with Crippen LogP contribution in [0.3, 0.4) is 0 Å². The summed E-state index contributed by atoms with van der Waals surface area (Å²) in [6, 6.07) is 0. The van der Waals surface area contributed by atoms with Crippen LogP contribution in [0.25, 0.3) is 0 Å². The second-order valence-electron chi connectivity index (χ2n) is 3.34. The van der Waals surface area contributed by atoms with E-state index in [2.05, 4.69) is 0 Å². The zero-order chi connectivity index (χ0) is 9.24. The largest absolute Gasteiger partial charge is 0.371 e. The van der Waals surface area contributed by atoms with Gasteiger partial charge in [0.1, 0.15) is 11.2 Å². The number of methoxy groups -OCH3 is 2. The van der Waals surface area contributed by atoms with Gasteiger partial charge in [0.15, 0.2) is 0 Å². The van der Waals surface area contributed by atoms with Gasteiger partial charge in [0.2, 0.25) is 0 Å². The Balaban J connectivity index is 2.99. The summed E-state index contributed by atoms with van der Waals surface area (Å²) in [5, 5.41) is 0. The molecule has 2 nitrogen and oxygen atoms in total. The van der Waals surface area contributed by atoms with Crippen molar-refractivity contribution in [1.29, 1.82) is 0 Å². The first-order chi connectivity index (χ1) is 5.58. The number of ether oxygens (including phenoxy) is 2. The van der Waals surface area contributed by atoms with Crippen LogP contribution in [0.2, 0.25) is 0 Å². The predicted octanol–water partition coefficient (Wildman–Crippen LogP) is 1.92. The molecule has 68 valence electrons. The minimum Gasteiger partial charge on any atom is -0.371 e. The Kier molecular flexibility index (Phi) is 2.40. The van der Waals surface area contributed by atoms with E-state index < -0.39 is 0 Å². The highest BCUT2D eigenvalue weighted by molar-refractivity contribution is 5.27. The smallest absolute Gasteiger partial charge is 0.115 e. The maximum absolute atomic E-state index is 5.42. The molecule has 0 bridgehead atoms. The first-order valence-electron chi connectivity index (χ1n) is 4.05. The van der Waals surface area contributed by atoms with E-state index >= 15 is 0 Å². The maximum Gasteiger partial charge on any atom is 0.115 e. The van der Waals surface area contributed by atoms with E-state index in [9.17, 15) is 0 Å². The van der Waals surface area contributed by atoms with Gasteiger partial charge in [-0.15, -0.1) is 0 Å². The summed E-state index contributed by atoms with van der Waals surface area (Å²) in [5.74, 6) is 0. The lowest BCUT2D eigenvalue weighted by atomic mass is 9.82. The molecular formula is C10H16O2. The third kappa shape index (κ3) is 1.21. The Morgan fingerprint density at radius 2 is 1.17 bits per heavy atom. The van der Waals surface area contributed by atoms with Crippen LogP contribution in [0.15, 0.2) is 24.3 Å². The van der Waals surface area contributed by atoms with Crippen molar-refractivity contribution in [2.75, 3.05) is 14.2 Å². The summed E-state index contributed by atoms with van der Waals surface area (Å²) in [5.41, 5.74) is -0.729. The number of rotatable bonds is 2. The zero-order valence-corrected chi connectivity index (χ0v) is 8.13. The predicted molar refractivity (Wildman–Crippen MR) is 49.1 cm³/mol. The van der Waals surface area contributed by atoms with Gasteiger partial charge in [-0.3, -0.25) is 0 Å². The molecule has 1 aliphatic carbocycles. The van der Waals surface area contributed by atoms with Crippen LogP contribution in [0.1, 0.15) is 13.8 Å². The van der Waals surface area contributed by atoms with Crippen LogP contribution in [0.5, 0.6) is 0 Å². The molecule has 0 spiro atoms. The second kappa shape index (κ2) is 3.04. The van der Waals surface area contributed by atoms with E-state index in [0.29, 0.717) is 0 Å². The van der Waals surface area contributed by atoms with Gasteiger partial charge < -0.3 is 9.47 Å². The third-order valence-corrected chi connectivity index (χ3v) is 2.77. The fraction of sp³-hybridized carbons (Fsp3) is 0.600. The molecule has 0 heterocycles. The summed E-state index contributed by atoms with van der Waals surface area (Å²) < 4.78 is 10.8. The summed E-state index contributed by atoms with van der Waals surface area (Å²) in [6.07, 6.45) is 7.97. The zero-order valence-electron chi connectivity index (χ0n) is 8.13. The fourth-order valence-corrected chi connectivity index (χ4v) is 1.35. The second-order valence-corrected chi connectivity index (χ2v) is 3.34. The van der Waals surface area contributed by atoms with Crippen LogP contribution < -0.4 is 0 Å². The molecule has 0 fully saturated rings. The lowest BCUT2D eigenvalue weighted by Crippen LogP contribution is -2.50.